The molecule has 1 rings (SSSR count). The van der Waals surface area contributed by atoms with Crippen LogP contribution in [0.3, 0.4) is 0 Å². The number of nitrogens with zero attached hydrogens (tertiary/aromatic N) is 1. The summed E-state index contributed by atoms with van der Waals surface area (Å²) in [7, 11) is 0. The first-order valence-electron chi connectivity index (χ1n) is 5.91. The molecule has 0 saturated heterocycles. The standard InChI is InChI=1S/C13H16BrClFNO/c1-2-3-8-17(9-7-15)13(18)10-5-4-6-11(16)12(10)14/h4-6H,2-3,7-9H2,1H3. The fourth-order valence-electron chi connectivity index (χ4n) is 1.61. The van der Waals surface area contributed by atoms with Gasteiger partial charge in [-0.05, 0) is 34.5 Å². The molecule has 0 radical (unpaired) electrons. The fourth-order valence-corrected chi connectivity index (χ4v) is 2.24. The van der Waals surface area contributed by atoms with Crippen LogP contribution in [0.25, 0.3) is 0 Å². The Morgan fingerprint density at radius 3 is 2.78 bits per heavy atom. The second kappa shape index (κ2) is 7.74. The molecule has 100 valence electrons. The van der Waals surface area contributed by atoms with E-state index in [1.165, 1.54) is 12.1 Å². The SMILES string of the molecule is CCCCN(CCCl)C(=O)c1cccc(F)c1Br. The molecule has 0 heterocycles. The van der Waals surface area contributed by atoms with E-state index < -0.39 is 5.82 Å². The molecule has 0 fully saturated rings. The van der Waals surface area contributed by atoms with Crippen LogP contribution in [-0.4, -0.2) is 29.8 Å². The van der Waals surface area contributed by atoms with E-state index in [2.05, 4.69) is 22.9 Å². The van der Waals surface area contributed by atoms with Gasteiger partial charge in [0.15, 0.2) is 0 Å². The number of hydrogen-bond donors (Lipinski definition) is 0. The number of hydrogen-bond acceptors (Lipinski definition) is 1. The van der Waals surface area contributed by atoms with Gasteiger partial charge < -0.3 is 4.90 Å². The van der Waals surface area contributed by atoms with Gasteiger partial charge in [0.05, 0.1) is 10.0 Å². The third kappa shape index (κ3) is 3.95. The number of amides is 1. The first kappa shape index (κ1) is 15.4. The highest BCUT2D eigenvalue weighted by molar-refractivity contribution is 9.10. The lowest BCUT2D eigenvalue weighted by molar-refractivity contribution is 0.0762. The zero-order valence-corrected chi connectivity index (χ0v) is 12.6. The van der Waals surface area contributed by atoms with E-state index in [0.717, 1.165) is 12.8 Å². The Labute approximate surface area is 120 Å². The van der Waals surface area contributed by atoms with Gasteiger partial charge in [-0.25, -0.2) is 4.39 Å². The Bertz CT molecular complexity index is 414. The first-order valence-corrected chi connectivity index (χ1v) is 7.23. The Morgan fingerprint density at radius 1 is 1.44 bits per heavy atom. The number of alkyl halides is 1. The molecule has 0 unspecified atom stereocenters. The predicted molar refractivity (Wildman–Crippen MR) is 75.6 cm³/mol. The second-order valence-electron chi connectivity index (χ2n) is 3.94. The highest BCUT2D eigenvalue weighted by Gasteiger charge is 2.18. The summed E-state index contributed by atoms with van der Waals surface area (Å²) in [5.41, 5.74) is 0.344. The lowest BCUT2D eigenvalue weighted by Crippen LogP contribution is -2.34. The van der Waals surface area contributed by atoms with Gasteiger partial charge in [0.2, 0.25) is 0 Å². The van der Waals surface area contributed by atoms with Crippen molar-refractivity contribution in [3.05, 3.63) is 34.1 Å². The average Bonchev–Trinajstić information content (AvgIpc) is 2.37. The van der Waals surface area contributed by atoms with E-state index in [1.807, 2.05) is 0 Å². The third-order valence-electron chi connectivity index (χ3n) is 2.61. The molecule has 18 heavy (non-hydrogen) atoms. The molecule has 0 bridgehead atoms. The zero-order valence-electron chi connectivity index (χ0n) is 10.3. The highest BCUT2D eigenvalue weighted by atomic mass is 79.9. The monoisotopic (exact) mass is 335 g/mol. The third-order valence-corrected chi connectivity index (χ3v) is 3.58. The van der Waals surface area contributed by atoms with E-state index in [4.69, 9.17) is 11.6 Å². The number of carbonyl (C=O) groups is 1. The minimum absolute atomic E-state index is 0.185. The zero-order chi connectivity index (χ0) is 13.5. The van der Waals surface area contributed by atoms with Gasteiger partial charge in [-0.2, -0.15) is 0 Å². The van der Waals surface area contributed by atoms with Gasteiger partial charge in [0.25, 0.3) is 5.91 Å². The number of carbonyl (C=O) groups excluding carboxylic acids is 1. The molecule has 0 spiro atoms. The molecule has 0 aliphatic carbocycles. The van der Waals surface area contributed by atoms with Crippen molar-refractivity contribution in [1.82, 2.24) is 4.90 Å². The van der Waals surface area contributed by atoms with E-state index in [9.17, 15) is 9.18 Å². The molecule has 0 N–H and O–H groups in total. The summed E-state index contributed by atoms with van der Waals surface area (Å²) in [5, 5.41) is 0. The molecule has 2 nitrogen and oxygen atoms in total. The van der Waals surface area contributed by atoms with Gasteiger partial charge in [-0.3, -0.25) is 4.79 Å². The molecule has 5 heteroatoms. The van der Waals surface area contributed by atoms with Gasteiger partial charge in [-0.1, -0.05) is 19.4 Å². The molecule has 0 atom stereocenters. The number of unbranched alkanes of at least 4 members (excludes halogenated alkanes) is 1. The van der Waals surface area contributed by atoms with Crippen molar-refractivity contribution < 1.29 is 9.18 Å². The lowest BCUT2D eigenvalue weighted by atomic mass is 10.2. The molecule has 0 aromatic heterocycles. The molecular formula is C13H16BrClFNO. The van der Waals surface area contributed by atoms with Gasteiger partial charge >= 0.3 is 0 Å². The fraction of sp³-hybridized carbons (Fsp3) is 0.462. The van der Waals surface area contributed by atoms with Crippen molar-refractivity contribution in [1.29, 1.82) is 0 Å². The molecule has 1 aromatic rings. The minimum atomic E-state index is -0.429. The van der Waals surface area contributed by atoms with Crippen molar-refractivity contribution in [3.8, 4) is 0 Å². The minimum Gasteiger partial charge on any atom is -0.337 e. The van der Waals surface area contributed by atoms with Crippen LogP contribution in [0.5, 0.6) is 0 Å². The van der Waals surface area contributed by atoms with E-state index >= 15 is 0 Å². The summed E-state index contributed by atoms with van der Waals surface area (Å²) >= 11 is 8.81. The quantitative estimate of drug-likeness (QED) is 0.717. The maximum atomic E-state index is 13.4. The Balaban J connectivity index is 2.90. The average molecular weight is 337 g/mol. The van der Waals surface area contributed by atoms with E-state index in [0.29, 0.717) is 24.5 Å². The Morgan fingerprint density at radius 2 is 2.17 bits per heavy atom. The topological polar surface area (TPSA) is 20.3 Å². The van der Waals surface area contributed by atoms with Gasteiger partial charge in [0, 0.05) is 19.0 Å². The van der Waals surface area contributed by atoms with Crippen LogP contribution in [0.1, 0.15) is 30.1 Å². The lowest BCUT2D eigenvalue weighted by Gasteiger charge is -2.22. The highest BCUT2D eigenvalue weighted by Crippen LogP contribution is 2.22. The maximum Gasteiger partial charge on any atom is 0.255 e. The molecule has 1 amide bonds. The van der Waals surface area contributed by atoms with Crippen LogP contribution in [0.4, 0.5) is 4.39 Å². The molecule has 0 saturated carbocycles. The van der Waals surface area contributed by atoms with Crippen LogP contribution in [0.15, 0.2) is 22.7 Å². The summed E-state index contributed by atoms with van der Waals surface area (Å²) < 4.78 is 13.6. The van der Waals surface area contributed by atoms with Gasteiger partial charge in [0.1, 0.15) is 5.82 Å². The van der Waals surface area contributed by atoms with Crippen molar-refractivity contribution in [2.45, 2.75) is 19.8 Å². The molecule has 1 aromatic carbocycles. The van der Waals surface area contributed by atoms with Crippen molar-refractivity contribution in [2.24, 2.45) is 0 Å². The Kier molecular flexibility index (Phi) is 6.65. The van der Waals surface area contributed by atoms with Crippen LogP contribution >= 0.6 is 27.5 Å². The molecule has 0 aliphatic rings. The van der Waals surface area contributed by atoms with Crippen LogP contribution in [0.2, 0.25) is 0 Å². The summed E-state index contributed by atoms with van der Waals surface area (Å²) in [5.74, 6) is -0.236. The van der Waals surface area contributed by atoms with Crippen LogP contribution in [-0.2, 0) is 0 Å². The normalized spacial score (nSPS) is 10.4. The number of rotatable bonds is 6. The summed E-state index contributed by atoms with van der Waals surface area (Å²) in [6, 6.07) is 4.47. The van der Waals surface area contributed by atoms with Crippen LogP contribution < -0.4 is 0 Å². The van der Waals surface area contributed by atoms with Crippen molar-refractivity contribution in [3.63, 3.8) is 0 Å². The van der Waals surface area contributed by atoms with E-state index in [-0.39, 0.29) is 10.4 Å². The maximum absolute atomic E-state index is 13.4. The summed E-state index contributed by atoms with van der Waals surface area (Å²) in [6.07, 6.45) is 1.91. The molecule has 0 aliphatic heterocycles. The first-order chi connectivity index (χ1) is 8.61. The summed E-state index contributed by atoms with van der Waals surface area (Å²) in [6.45, 7) is 3.18. The second-order valence-corrected chi connectivity index (χ2v) is 5.11. The van der Waals surface area contributed by atoms with Gasteiger partial charge in [-0.15, -0.1) is 11.6 Å². The molecular weight excluding hydrogens is 321 g/mol. The number of benzene rings is 1. The predicted octanol–water partition coefficient (Wildman–Crippen LogP) is 4.07. The van der Waals surface area contributed by atoms with Crippen molar-refractivity contribution in [2.75, 3.05) is 19.0 Å². The van der Waals surface area contributed by atoms with Crippen LogP contribution in [0, 0.1) is 5.82 Å². The number of halogens is 3. The largest absolute Gasteiger partial charge is 0.337 e. The Hall–Kier alpha value is -0.610. The van der Waals surface area contributed by atoms with E-state index in [1.54, 1.807) is 11.0 Å². The summed E-state index contributed by atoms with van der Waals surface area (Å²) in [4.78, 5) is 13.9. The smallest absolute Gasteiger partial charge is 0.255 e. The van der Waals surface area contributed by atoms with Crippen molar-refractivity contribution >= 4 is 33.4 Å².